The second-order valence-corrected chi connectivity index (χ2v) is 7.05. The van der Waals surface area contributed by atoms with Gasteiger partial charge in [0, 0.05) is 11.5 Å². The standard InChI is InChI=1S/C18H19N3O2S/c1-11-3-6-14(12(2)9-11)15(22)10-24-17-8-7-16(20-21-17)19-18(23)13-4-5-13/h3,6-9,13H,4-5,10H2,1-2H3,(H,19,20,23). The topological polar surface area (TPSA) is 72.0 Å². The van der Waals surface area contributed by atoms with Gasteiger partial charge in [-0.3, -0.25) is 9.59 Å². The molecular weight excluding hydrogens is 322 g/mol. The smallest absolute Gasteiger partial charge is 0.228 e. The van der Waals surface area contributed by atoms with Gasteiger partial charge in [-0.1, -0.05) is 35.5 Å². The second kappa shape index (κ2) is 7.13. The van der Waals surface area contributed by atoms with Gasteiger partial charge in [0.2, 0.25) is 5.91 Å². The van der Waals surface area contributed by atoms with Crippen LogP contribution in [0, 0.1) is 19.8 Å². The highest BCUT2D eigenvalue weighted by atomic mass is 32.2. The molecular formula is C18H19N3O2S. The Bertz CT molecular complexity index is 770. The van der Waals surface area contributed by atoms with Crippen molar-refractivity contribution in [3.8, 4) is 0 Å². The summed E-state index contributed by atoms with van der Waals surface area (Å²) in [7, 11) is 0. The lowest BCUT2D eigenvalue weighted by Crippen LogP contribution is -2.14. The van der Waals surface area contributed by atoms with E-state index in [2.05, 4.69) is 15.5 Å². The third-order valence-corrected chi connectivity index (χ3v) is 4.79. The lowest BCUT2D eigenvalue weighted by Gasteiger charge is -2.06. The minimum atomic E-state index is 0.00901. The summed E-state index contributed by atoms with van der Waals surface area (Å²) in [6.07, 6.45) is 1.90. The molecule has 0 radical (unpaired) electrons. The second-order valence-electron chi connectivity index (χ2n) is 6.05. The minimum Gasteiger partial charge on any atom is -0.309 e. The van der Waals surface area contributed by atoms with Crippen molar-refractivity contribution in [3.05, 3.63) is 47.0 Å². The summed E-state index contributed by atoms with van der Waals surface area (Å²) >= 11 is 1.35. The van der Waals surface area contributed by atoms with Gasteiger partial charge in [0.15, 0.2) is 11.6 Å². The van der Waals surface area contributed by atoms with Gasteiger partial charge in [-0.15, -0.1) is 10.2 Å². The molecule has 1 fully saturated rings. The van der Waals surface area contributed by atoms with Crippen molar-refractivity contribution in [2.45, 2.75) is 31.7 Å². The van der Waals surface area contributed by atoms with Gasteiger partial charge < -0.3 is 5.32 Å². The minimum absolute atomic E-state index is 0.00901. The van der Waals surface area contributed by atoms with Crippen molar-refractivity contribution in [2.75, 3.05) is 11.1 Å². The van der Waals surface area contributed by atoms with Gasteiger partial charge in [-0.2, -0.15) is 0 Å². The normalized spacial score (nSPS) is 13.6. The molecule has 1 amide bonds. The van der Waals surface area contributed by atoms with Crippen molar-refractivity contribution >= 4 is 29.3 Å². The summed E-state index contributed by atoms with van der Waals surface area (Å²) < 4.78 is 0. The van der Waals surface area contributed by atoms with Gasteiger partial charge in [0.05, 0.1) is 5.75 Å². The molecule has 3 rings (SSSR count). The predicted molar refractivity (Wildman–Crippen MR) is 94.4 cm³/mol. The van der Waals surface area contributed by atoms with E-state index in [1.165, 1.54) is 11.8 Å². The molecule has 0 saturated heterocycles. The highest BCUT2D eigenvalue weighted by Crippen LogP contribution is 2.30. The van der Waals surface area contributed by atoms with Crippen LogP contribution in [0.1, 0.15) is 34.3 Å². The van der Waals surface area contributed by atoms with E-state index in [0.29, 0.717) is 16.6 Å². The van der Waals surface area contributed by atoms with Crippen molar-refractivity contribution in [1.29, 1.82) is 0 Å². The number of carbonyl (C=O) groups is 2. The molecule has 1 aliphatic carbocycles. The fraction of sp³-hybridized carbons (Fsp3) is 0.333. The van der Waals surface area contributed by atoms with Gasteiger partial charge in [0.25, 0.3) is 0 Å². The molecule has 0 aliphatic heterocycles. The lowest BCUT2D eigenvalue weighted by molar-refractivity contribution is -0.117. The fourth-order valence-electron chi connectivity index (χ4n) is 2.38. The highest BCUT2D eigenvalue weighted by molar-refractivity contribution is 7.99. The Kier molecular flexibility index (Phi) is 4.94. The number of ketones is 1. The molecule has 1 aliphatic rings. The number of benzene rings is 1. The van der Waals surface area contributed by atoms with Crippen LogP contribution in [0.2, 0.25) is 0 Å². The van der Waals surface area contributed by atoms with Crippen LogP contribution in [-0.2, 0) is 4.79 Å². The molecule has 1 saturated carbocycles. The van der Waals surface area contributed by atoms with Gasteiger partial charge in [-0.25, -0.2) is 0 Å². The highest BCUT2D eigenvalue weighted by Gasteiger charge is 2.29. The third-order valence-electron chi connectivity index (χ3n) is 3.87. The van der Waals surface area contributed by atoms with Crippen LogP contribution in [0.15, 0.2) is 35.4 Å². The van der Waals surface area contributed by atoms with Crippen molar-refractivity contribution in [2.24, 2.45) is 5.92 Å². The maximum Gasteiger partial charge on any atom is 0.228 e. The van der Waals surface area contributed by atoms with Crippen molar-refractivity contribution < 1.29 is 9.59 Å². The Morgan fingerprint density at radius 2 is 1.96 bits per heavy atom. The Hall–Kier alpha value is -2.21. The summed E-state index contributed by atoms with van der Waals surface area (Å²) in [6, 6.07) is 9.32. The predicted octanol–water partition coefficient (Wildman–Crippen LogP) is 3.42. The molecule has 0 spiro atoms. The van der Waals surface area contributed by atoms with Crippen LogP contribution in [0.3, 0.4) is 0 Å². The number of rotatable bonds is 6. The molecule has 0 unspecified atom stereocenters. The molecule has 2 aromatic rings. The van der Waals surface area contributed by atoms with Crippen molar-refractivity contribution in [1.82, 2.24) is 10.2 Å². The van der Waals surface area contributed by atoms with Crippen LogP contribution < -0.4 is 5.32 Å². The van der Waals surface area contributed by atoms with Crippen LogP contribution in [-0.4, -0.2) is 27.6 Å². The first-order chi connectivity index (χ1) is 11.5. The molecule has 24 heavy (non-hydrogen) atoms. The van der Waals surface area contributed by atoms with E-state index < -0.39 is 0 Å². The lowest BCUT2D eigenvalue weighted by atomic mass is 10.0. The molecule has 0 bridgehead atoms. The van der Waals surface area contributed by atoms with E-state index in [0.717, 1.165) is 29.5 Å². The van der Waals surface area contributed by atoms with Crippen LogP contribution in [0.4, 0.5) is 5.82 Å². The van der Waals surface area contributed by atoms with E-state index in [-0.39, 0.29) is 17.6 Å². The first kappa shape index (κ1) is 16.6. The first-order valence-corrected chi connectivity index (χ1v) is 8.89. The maximum atomic E-state index is 12.3. The van der Waals surface area contributed by atoms with E-state index in [1.807, 2.05) is 32.0 Å². The monoisotopic (exact) mass is 341 g/mol. The summed E-state index contributed by atoms with van der Waals surface area (Å²) in [5.41, 5.74) is 2.88. The number of amides is 1. The van der Waals surface area contributed by atoms with Gasteiger partial charge in [0.1, 0.15) is 5.03 Å². The summed E-state index contributed by atoms with van der Waals surface area (Å²) in [4.78, 5) is 24.0. The number of carbonyl (C=O) groups excluding carboxylic acids is 2. The molecule has 1 N–H and O–H groups in total. The number of aromatic nitrogens is 2. The molecule has 1 heterocycles. The third kappa shape index (κ3) is 4.20. The maximum absolute atomic E-state index is 12.3. The van der Waals surface area contributed by atoms with E-state index in [9.17, 15) is 9.59 Å². The zero-order chi connectivity index (χ0) is 17.1. The van der Waals surface area contributed by atoms with Crippen LogP contribution >= 0.6 is 11.8 Å². The number of aryl methyl sites for hydroxylation is 2. The summed E-state index contributed by atoms with van der Waals surface area (Å²) in [5.74, 6) is 0.986. The van der Waals surface area contributed by atoms with Gasteiger partial charge >= 0.3 is 0 Å². The van der Waals surface area contributed by atoms with E-state index in [1.54, 1.807) is 12.1 Å². The number of nitrogens with one attached hydrogen (secondary N) is 1. The number of thioether (sulfide) groups is 1. The molecule has 5 nitrogen and oxygen atoms in total. The Morgan fingerprint density at radius 3 is 2.58 bits per heavy atom. The molecule has 1 aromatic carbocycles. The SMILES string of the molecule is Cc1ccc(C(=O)CSc2ccc(NC(=O)C3CC3)nn2)c(C)c1. The Morgan fingerprint density at radius 1 is 1.17 bits per heavy atom. The quantitative estimate of drug-likeness (QED) is 0.644. The zero-order valence-electron chi connectivity index (χ0n) is 13.7. The fourth-order valence-corrected chi connectivity index (χ4v) is 3.08. The zero-order valence-corrected chi connectivity index (χ0v) is 14.5. The number of nitrogens with zero attached hydrogens (tertiary/aromatic N) is 2. The number of anilines is 1. The molecule has 1 aromatic heterocycles. The Labute approximate surface area is 145 Å². The average Bonchev–Trinajstić information content (AvgIpc) is 3.39. The molecule has 0 atom stereocenters. The van der Waals surface area contributed by atoms with E-state index >= 15 is 0 Å². The van der Waals surface area contributed by atoms with Crippen LogP contribution in [0.25, 0.3) is 0 Å². The summed E-state index contributed by atoms with van der Waals surface area (Å²) in [5, 5.41) is 11.5. The summed E-state index contributed by atoms with van der Waals surface area (Å²) in [6.45, 7) is 3.96. The van der Waals surface area contributed by atoms with Crippen molar-refractivity contribution in [3.63, 3.8) is 0 Å². The van der Waals surface area contributed by atoms with E-state index in [4.69, 9.17) is 0 Å². The van der Waals surface area contributed by atoms with Gasteiger partial charge in [-0.05, 0) is 44.4 Å². The Balaban J connectivity index is 1.56. The first-order valence-electron chi connectivity index (χ1n) is 7.91. The molecule has 124 valence electrons. The number of Topliss-reactive ketones (excluding diaryl/α,β-unsaturated/α-hetero) is 1. The average molecular weight is 341 g/mol. The largest absolute Gasteiger partial charge is 0.309 e. The number of hydrogen-bond donors (Lipinski definition) is 1. The number of hydrogen-bond acceptors (Lipinski definition) is 5. The molecule has 6 heteroatoms. The van der Waals surface area contributed by atoms with Crippen LogP contribution in [0.5, 0.6) is 0 Å².